The molecule has 0 bridgehead atoms. The van der Waals surface area contributed by atoms with E-state index in [-0.39, 0.29) is 27.6 Å². The Morgan fingerprint density at radius 3 is 2.21 bits per heavy atom. The van der Waals surface area contributed by atoms with Gasteiger partial charge in [-0.15, -0.1) is 0 Å². The molecule has 3 aromatic rings. The Kier molecular flexibility index (Phi) is 5.98. The molecule has 2 N–H and O–H groups in total. The van der Waals surface area contributed by atoms with Gasteiger partial charge >= 0.3 is 0 Å². The molecule has 1 unspecified atom stereocenters. The molecule has 1 fully saturated rings. The highest BCUT2D eigenvalue weighted by atomic mass is 35.5. The van der Waals surface area contributed by atoms with Gasteiger partial charge in [-0.2, -0.15) is 0 Å². The smallest absolute Gasteiger partial charge is 0.300 e. The summed E-state index contributed by atoms with van der Waals surface area (Å²) in [6, 6.07) is 16.5. The van der Waals surface area contributed by atoms with Gasteiger partial charge in [-0.3, -0.25) is 14.5 Å². The fraction of sp³-hybridized carbons (Fsp3) is 0.120. The zero-order valence-corrected chi connectivity index (χ0v) is 18.5. The molecule has 8 heteroatoms. The number of halogens is 1. The molecule has 1 heterocycles. The summed E-state index contributed by atoms with van der Waals surface area (Å²) in [6.07, 6.45) is 0. The van der Waals surface area contributed by atoms with E-state index < -0.39 is 23.5 Å². The number of para-hydroxylation sites is 2. The first-order valence-electron chi connectivity index (χ1n) is 9.94. The number of nitrogens with zero attached hydrogens (tertiary/aromatic N) is 1. The summed E-state index contributed by atoms with van der Waals surface area (Å²) < 4.78 is 10.4. The number of carbonyl (C=O) groups is 2. The van der Waals surface area contributed by atoms with Crippen molar-refractivity contribution in [3.05, 3.63) is 88.5 Å². The molecule has 0 radical (unpaired) electrons. The summed E-state index contributed by atoms with van der Waals surface area (Å²) in [7, 11) is 2.98. The number of rotatable bonds is 5. The molecule has 3 aromatic carbocycles. The van der Waals surface area contributed by atoms with Crippen molar-refractivity contribution < 1.29 is 29.3 Å². The number of carbonyl (C=O) groups excluding carboxylic acids is 2. The number of aromatic hydroxyl groups is 1. The van der Waals surface area contributed by atoms with Crippen molar-refractivity contribution in [2.45, 2.75) is 6.04 Å². The molecule has 1 aliphatic rings. The normalized spacial score (nSPS) is 17.3. The number of hydrogen-bond acceptors (Lipinski definition) is 6. The van der Waals surface area contributed by atoms with Crippen LogP contribution in [0.4, 0.5) is 5.69 Å². The zero-order chi connectivity index (χ0) is 23.7. The SMILES string of the molecule is COc1ccc(C2/C(=C(\O)c3cc(OC)ccc3Cl)C(=O)C(=O)N2c2ccccc2O)cc1. The Morgan fingerprint density at radius 1 is 0.939 bits per heavy atom. The van der Waals surface area contributed by atoms with Gasteiger partial charge in [-0.25, -0.2) is 0 Å². The van der Waals surface area contributed by atoms with Crippen molar-refractivity contribution >= 4 is 34.7 Å². The third-order valence-electron chi connectivity index (χ3n) is 5.45. The highest BCUT2D eigenvalue weighted by molar-refractivity contribution is 6.52. The molecule has 1 atom stereocenters. The molecule has 1 saturated heterocycles. The number of methoxy groups -OCH3 is 2. The van der Waals surface area contributed by atoms with Crippen molar-refractivity contribution in [2.75, 3.05) is 19.1 Å². The molecule has 0 aromatic heterocycles. The van der Waals surface area contributed by atoms with Gasteiger partial charge in [-0.05, 0) is 48.0 Å². The molecule has 1 amide bonds. The lowest BCUT2D eigenvalue weighted by molar-refractivity contribution is -0.132. The lowest BCUT2D eigenvalue weighted by Gasteiger charge is -2.26. The van der Waals surface area contributed by atoms with Crippen LogP contribution in [-0.2, 0) is 9.59 Å². The second-order valence-corrected chi connectivity index (χ2v) is 7.68. The average Bonchev–Trinajstić information content (AvgIpc) is 3.09. The Labute approximate surface area is 195 Å². The molecule has 7 nitrogen and oxygen atoms in total. The Morgan fingerprint density at radius 2 is 1.58 bits per heavy atom. The first kappa shape index (κ1) is 22.2. The quantitative estimate of drug-likeness (QED) is 0.322. The summed E-state index contributed by atoms with van der Waals surface area (Å²) in [5.74, 6) is -1.44. The maximum atomic E-state index is 13.2. The van der Waals surface area contributed by atoms with Crippen molar-refractivity contribution in [3.8, 4) is 17.2 Å². The third kappa shape index (κ3) is 3.87. The summed E-state index contributed by atoms with van der Waals surface area (Å²) in [5, 5.41) is 21.8. The minimum atomic E-state index is -1.02. The summed E-state index contributed by atoms with van der Waals surface area (Å²) in [5.41, 5.74) is 0.642. The number of ketones is 1. The summed E-state index contributed by atoms with van der Waals surface area (Å²) >= 11 is 6.31. The van der Waals surface area contributed by atoms with Gasteiger partial charge in [0, 0.05) is 5.56 Å². The Bertz CT molecular complexity index is 1270. The number of phenols is 1. The largest absolute Gasteiger partial charge is 0.507 e. The number of ether oxygens (including phenoxy) is 2. The van der Waals surface area contributed by atoms with E-state index in [0.29, 0.717) is 17.1 Å². The maximum Gasteiger partial charge on any atom is 0.300 e. The van der Waals surface area contributed by atoms with E-state index in [1.807, 2.05) is 0 Å². The number of Topliss-reactive ketones (excluding diaryl/α,β-unsaturated/α-hetero) is 1. The number of phenolic OH excluding ortho intramolecular Hbond substituents is 1. The summed E-state index contributed by atoms with van der Waals surface area (Å²) in [6.45, 7) is 0. The minimum Gasteiger partial charge on any atom is -0.507 e. The molecule has 0 saturated carbocycles. The van der Waals surface area contributed by atoms with Crippen molar-refractivity contribution in [1.82, 2.24) is 0 Å². The second kappa shape index (κ2) is 8.88. The van der Waals surface area contributed by atoms with Crippen molar-refractivity contribution in [2.24, 2.45) is 0 Å². The minimum absolute atomic E-state index is 0.135. The van der Waals surface area contributed by atoms with Gasteiger partial charge in [0.1, 0.15) is 23.0 Å². The van der Waals surface area contributed by atoms with Gasteiger partial charge in [0.2, 0.25) is 0 Å². The maximum absolute atomic E-state index is 13.2. The van der Waals surface area contributed by atoms with E-state index in [1.165, 1.54) is 43.4 Å². The molecule has 1 aliphatic heterocycles. The van der Waals surface area contributed by atoms with Gasteiger partial charge in [0.15, 0.2) is 0 Å². The predicted molar refractivity (Wildman–Crippen MR) is 124 cm³/mol. The molecule has 168 valence electrons. The van der Waals surface area contributed by atoms with Crippen molar-refractivity contribution in [1.29, 1.82) is 0 Å². The monoisotopic (exact) mass is 465 g/mol. The van der Waals surface area contributed by atoms with Crippen LogP contribution in [0.5, 0.6) is 17.2 Å². The number of benzene rings is 3. The van der Waals surface area contributed by atoms with Crippen LogP contribution in [0.1, 0.15) is 17.2 Å². The fourth-order valence-electron chi connectivity index (χ4n) is 3.81. The van der Waals surface area contributed by atoms with E-state index in [0.717, 1.165) is 0 Å². The van der Waals surface area contributed by atoms with Gasteiger partial charge in [0.25, 0.3) is 11.7 Å². The Hall–Kier alpha value is -3.97. The van der Waals surface area contributed by atoms with Crippen LogP contribution >= 0.6 is 11.6 Å². The van der Waals surface area contributed by atoms with E-state index in [2.05, 4.69) is 0 Å². The molecule has 0 aliphatic carbocycles. The Balaban J connectivity index is 1.98. The molecule has 0 spiro atoms. The standard InChI is InChI=1S/C25H20ClNO6/c1-32-15-9-7-14(8-10-15)22-21(23(29)17-13-16(33-2)11-12-18(17)26)24(30)25(31)27(22)19-5-3-4-6-20(19)28/h3-13,22,28-29H,1-2H3/b23-21+. The summed E-state index contributed by atoms with van der Waals surface area (Å²) in [4.78, 5) is 27.5. The van der Waals surface area contributed by atoms with Gasteiger partial charge in [0.05, 0.1) is 36.5 Å². The fourth-order valence-corrected chi connectivity index (χ4v) is 4.02. The first-order valence-corrected chi connectivity index (χ1v) is 10.3. The second-order valence-electron chi connectivity index (χ2n) is 7.28. The highest BCUT2D eigenvalue weighted by Crippen LogP contribution is 2.45. The number of anilines is 1. The number of amides is 1. The number of hydrogen-bond donors (Lipinski definition) is 2. The van der Waals surface area contributed by atoms with E-state index in [1.54, 1.807) is 42.5 Å². The molecular weight excluding hydrogens is 446 g/mol. The molecule has 33 heavy (non-hydrogen) atoms. The van der Waals surface area contributed by atoms with Crippen LogP contribution < -0.4 is 14.4 Å². The molecular formula is C25H20ClNO6. The van der Waals surface area contributed by atoms with Crippen LogP contribution in [0, 0.1) is 0 Å². The highest BCUT2D eigenvalue weighted by Gasteiger charge is 2.47. The van der Waals surface area contributed by atoms with Crippen LogP contribution in [0.15, 0.2) is 72.3 Å². The average molecular weight is 466 g/mol. The van der Waals surface area contributed by atoms with Crippen LogP contribution in [0.2, 0.25) is 5.02 Å². The van der Waals surface area contributed by atoms with Gasteiger partial charge < -0.3 is 19.7 Å². The number of aliphatic hydroxyl groups is 1. The van der Waals surface area contributed by atoms with Crippen molar-refractivity contribution in [3.63, 3.8) is 0 Å². The topological polar surface area (TPSA) is 96.3 Å². The van der Waals surface area contributed by atoms with Crippen LogP contribution in [0.25, 0.3) is 5.76 Å². The lowest BCUT2D eigenvalue weighted by Crippen LogP contribution is -2.29. The number of aliphatic hydroxyl groups excluding tert-OH is 1. The van der Waals surface area contributed by atoms with E-state index in [4.69, 9.17) is 21.1 Å². The van der Waals surface area contributed by atoms with E-state index >= 15 is 0 Å². The van der Waals surface area contributed by atoms with E-state index in [9.17, 15) is 19.8 Å². The predicted octanol–water partition coefficient (Wildman–Crippen LogP) is 4.69. The van der Waals surface area contributed by atoms with Crippen LogP contribution in [-0.4, -0.2) is 36.1 Å². The third-order valence-corrected chi connectivity index (χ3v) is 5.78. The molecule has 4 rings (SSSR count). The van der Waals surface area contributed by atoms with Gasteiger partial charge in [-0.1, -0.05) is 35.9 Å². The lowest BCUT2D eigenvalue weighted by atomic mass is 9.95. The van der Waals surface area contributed by atoms with Crippen LogP contribution in [0.3, 0.4) is 0 Å². The first-order chi connectivity index (χ1) is 15.9. The zero-order valence-electron chi connectivity index (χ0n) is 17.8.